The fourth-order valence-electron chi connectivity index (χ4n) is 9.97. The quantitative estimate of drug-likeness (QED) is 0.377. The van der Waals surface area contributed by atoms with E-state index in [-0.39, 0.29) is 39.5 Å². The molecule has 33 heavy (non-hydrogen) atoms. The Labute approximate surface area is 202 Å². The number of hydrogen-bond donors (Lipinski definition) is 1. The molecule has 1 N–H and O–H groups in total. The van der Waals surface area contributed by atoms with Crippen LogP contribution in [0.25, 0.3) is 0 Å². The van der Waals surface area contributed by atoms with Gasteiger partial charge in [0.25, 0.3) is 0 Å². The minimum absolute atomic E-state index is 0.00609. The molecule has 5 rings (SSSR count). The molecule has 0 radical (unpaired) electrons. The molecule has 186 valence electrons. The highest BCUT2D eigenvalue weighted by Crippen LogP contribution is 2.73. The van der Waals surface area contributed by atoms with E-state index in [1.54, 1.807) is 5.57 Å². The van der Waals surface area contributed by atoms with Crippen LogP contribution in [0, 0.1) is 45.3 Å². The van der Waals surface area contributed by atoms with Crippen molar-refractivity contribution >= 4 is 5.78 Å². The molecule has 0 aromatic rings. The second kappa shape index (κ2) is 7.19. The molecule has 3 saturated carbocycles. The molecular formula is C30H48O3. The van der Waals surface area contributed by atoms with Gasteiger partial charge in [0.1, 0.15) is 11.9 Å². The smallest absolute Gasteiger partial charge is 0.138 e. The summed E-state index contributed by atoms with van der Waals surface area (Å²) in [5, 5.41) is 10.9. The molecule has 1 aliphatic heterocycles. The average molecular weight is 457 g/mol. The van der Waals surface area contributed by atoms with Gasteiger partial charge in [0.05, 0.1) is 11.7 Å². The largest absolute Gasteiger partial charge is 0.390 e. The number of fused-ring (bicyclic) bond motifs is 5. The van der Waals surface area contributed by atoms with Gasteiger partial charge < -0.3 is 9.84 Å². The SMILES string of the molecule is C[C@H](C[C@@H](O)[C@@H]1OC1(C)C)[C@@H]1CC[C@]2(C)C3=CC[C@H]4C(C)(C)C(=O)CC[C@]4(C)[C@H]3CC[C@@]12C. The van der Waals surface area contributed by atoms with E-state index in [4.69, 9.17) is 4.74 Å². The Bertz CT molecular complexity index is 870. The maximum absolute atomic E-state index is 12.8. The maximum Gasteiger partial charge on any atom is 0.138 e. The van der Waals surface area contributed by atoms with Crippen molar-refractivity contribution < 1.29 is 14.6 Å². The van der Waals surface area contributed by atoms with E-state index in [2.05, 4.69) is 61.5 Å². The lowest BCUT2D eigenvalue weighted by Crippen LogP contribution is -2.57. The number of allylic oxidation sites excluding steroid dienone is 2. The van der Waals surface area contributed by atoms with Crippen LogP contribution in [0.5, 0.6) is 0 Å². The molecule has 0 spiro atoms. The first kappa shape index (κ1) is 24.0. The van der Waals surface area contributed by atoms with Crippen molar-refractivity contribution in [2.75, 3.05) is 0 Å². The highest BCUT2D eigenvalue weighted by Gasteiger charge is 2.65. The van der Waals surface area contributed by atoms with Gasteiger partial charge in [-0.2, -0.15) is 0 Å². The third-order valence-corrected chi connectivity index (χ3v) is 12.4. The van der Waals surface area contributed by atoms with Crippen molar-refractivity contribution in [3.05, 3.63) is 11.6 Å². The van der Waals surface area contributed by atoms with Crippen molar-refractivity contribution in [3.63, 3.8) is 0 Å². The van der Waals surface area contributed by atoms with E-state index in [0.29, 0.717) is 29.5 Å². The average Bonchev–Trinajstić information content (AvgIpc) is 3.26. The molecule has 0 amide bonds. The molecule has 1 heterocycles. The van der Waals surface area contributed by atoms with Gasteiger partial charge in [0.15, 0.2) is 0 Å². The van der Waals surface area contributed by atoms with Crippen LogP contribution in [-0.4, -0.2) is 28.7 Å². The number of aliphatic hydroxyl groups excluding tert-OH is 1. The van der Waals surface area contributed by atoms with Crippen molar-refractivity contribution in [2.45, 2.75) is 125 Å². The molecule has 3 nitrogen and oxygen atoms in total. The van der Waals surface area contributed by atoms with Crippen LogP contribution in [0.4, 0.5) is 0 Å². The van der Waals surface area contributed by atoms with Gasteiger partial charge >= 0.3 is 0 Å². The molecule has 1 saturated heterocycles. The number of rotatable bonds is 4. The van der Waals surface area contributed by atoms with Gasteiger partial charge in [-0.15, -0.1) is 0 Å². The number of hydrogen-bond acceptors (Lipinski definition) is 3. The standard InChI is InChI=1S/C30H48O3/c1-18(17-22(31)25-27(4,5)33-25)19-11-15-30(8)21-9-10-23-26(2,3)24(32)13-14-28(23,6)20(21)12-16-29(19,30)7/h9,18-20,22-23,25,31H,10-17H2,1-8H3/t18-,19+,20+,22-,23+,25+,28-,29+,30-/m1/s1. The summed E-state index contributed by atoms with van der Waals surface area (Å²) in [5.74, 6) is 2.73. The van der Waals surface area contributed by atoms with E-state index >= 15 is 0 Å². The first-order valence-corrected chi connectivity index (χ1v) is 13.8. The molecule has 0 bridgehead atoms. The van der Waals surface area contributed by atoms with Crippen LogP contribution >= 0.6 is 0 Å². The van der Waals surface area contributed by atoms with Crippen LogP contribution in [0.15, 0.2) is 11.6 Å². The van der Waals surface area contributed by atoms with Crippen LogP contribution < -0.4 is 0 Å². The van der Waals surface area contributed by atoms with E-state index in [1.807, 2.05) is 0 Å². The zero-order valence-electron chi connectivity index (χ0n) is 22.5. The number of carbonyl (C=O) groups excluding carboxylic acids is 1. The Morgan fingerprint density at radius 2 is 1.73 bits per heavy atom. The molecular weight excluding hydrogens is 408 g/mol. The highest BCUT2D eigenvalue weighted by atomic mass is 16.6. The van der Waals surface area contributed by atoms with Crippen LogP contribution in [0.1, 0.15) is 107 Å². The number of aliphatic hydroxyl groups is 1. The third kappa shape index (κ3) is 3.16. The van der Waals surface area contributed by atoms with Gasteiger partial charge in [0.2, 0.25) is 0 Å². The zero-order chi connectivity index (χ0) is 24.2. The molecule has 0 aromatic heterocycles. The normalized spacial score (nSPS) is 49.4. The van der Waals surface area contributed by atoms with Crippen molar-refractivity contribution in [1.82, 2.24) is 0 Å². The number of Topliss-reactive ketones (excluding diaryl/α,β-unsaturated/α-hetero) is 1. The Balaban J connectivity index is 1.41. The Hall–Kier alpha value is -0.670. The second-order valence-electron chi connectivity index (χ2n) is 14.5. The van der Waals surface area contributed by atoms with Crippen molar-refractivity contribution in [2.24, 2.45) is 45.3 Å². The zero-order valence-corrected chi connectivity index (χ0v) is 22.5. The fraction of sp³-hybridized carbons (Fsp3) is 0.900. The molecule has 9 atom stereocenters. The molecule has 0 unspecified atom stereocenters. The van der Waals surface area contributed by atoms with Crippen LogP contribution in [-0.2, 0) is 9.53 Å². The van der Waals surface area contributed by atoms with Gasteiger partial charge in [-0.05, 0) is 98.7 Å². The van der Waals surface area contributed by atoms with Gasteiger partial charge in [-0.25, -0.2) is 0 Å². The predicted molar refractivity (Wildman–Crippen MR) is 133 cm³/mol. The van der Waals surface area contributed by atoms with Gasteiger partial charge in [-0.1, -0.05) is 53.2 Å². The highest BCUT2D eigenvalue weighted by molar-refractivity contribution is 5.85. The Kier molecular flexibility index (Phi) is 5.24. The summed E-state index contributed by atoms with van der Waals surface area (Å²) in [6, 6.07) is 0. The number of epoxide rings is 1. The Morgan fingerprint density at radius 1 is 1.06 bits per heavy atom. The van der Waals surface area contributed by atoms with E-state index in [0.717, 1.165) is 25.7 Å². The van der Waals surface area contributed by atoms with Gasteiger partial charge in [0, 0.05) is 11.8 Å². The number of ether oxygens (including phenoxy) is 1. The minimum atomic E-state index is -0.350. The first-order chi connectivity index (χ1) is 15.2. The van der Waals surface area contributed by atoms with Crippen LogP contribution in [0.2, 0.25) is 0 Å². The van der Waals surface area contributed by atoms with Gasteiger partial charge in [-0.3, -0.25) is 4.79 Å². The molecule has 4 aliphatic carbocycles. The fourth-order valence-corrected chi connectivity index (χ4v) is 9.97. The lowest BCUT2D eigenvalue weighted by molar-refractivity contribution is -0.146. The lowest BCUT2D eigenvalue weighted by atomic mass is 9.41. The second-order valence-corrected chi connectivity index (χ2v) is 14.5. The maximum atomic E-state index is 12.8. The topological polar surface area (TPSA) is 49.8 Å². The summed E-state index contributed by atoms with van der Waals surface area (Å²) in [4.78, 5) is 12.8. The number of ketones is 1. The van der Waals surface area contributed by atoms with Crippen molar-refractivity contribution in [1.29, 1.82) is 0 Å². The summed E-state index contributed by atoms with van der Waals surface area (Å²) in [7, 11) is 0. The summed E-state index contributed by atoms with van der Waals surface area (Å²) in [6.45, 7) is 18.7. The summed E-state index contributed by atoms with van der Waals surface area (Å²) in [6.07, 6.45) is 11.1. The van der Waals surface area contributed by atoms with E-state index < -0.39 is 0 Å². The van der Waals surface area contributed by atoms with E-state index in [1.165, 1.54) is 25.7 Å². The predicted octanol–water partition coefficient (Wildman–Crippen LogP) is 6.73. The summed E-state index contributed by atoms with van der Waals surface area (Å²) in [5.41, 5.74) is 2.17. The molecule has 4 fully saturated rings. The molecule has 0 aromatic carbocycles. The summed E-state index contributed by atoms with van der Waals surface area (Å²) < 4.78 is 5.75. The Morgan fingerprint density at radius 3 is 2.36 bits per heavy atom. The third-order valence-electron chi connectivity index (χ3n) is 12.4. The van der Waals surface area contributed by atoms with E-state index in [9.17, 15) is 9.90 Å². The minimum Gasteiger partial charge on any atom is -0.390 e. The van der Waals surface area contributed by atoms with Crippen LogP contribution in [0.3, 0.4) is 0 Å². The summed E-state index contributed by atoms with van der Waals surface area (Å²) >= 11 is 0. The molecule has 5 aliphatic rings. The van der Waals surface area contributed by atoms with Crippen molar-refractivity contribution in [3.8, 4) is 0 Å². The monoisotopic (exact) mass is 456 g/mol. The number of carbonyl (C=O) groups is 1. The first-order valence-electron chi connectivity index (χ1n) is 13.8. The molecule has 3 heteroatoms. The lowest BCUT2D eigenvalue weighted by Gasteiger charge is -2.63.